The molecular weight excluding hydrogens is 387 g/mol. The minimum Gasteiger partial charge on any atom is -0.494 e. The summed E-state index contributed by atoms with van der Waals surface area (Å²) in [5.74, 6) is -1.34. The van der Waals surface area contributed by atoms with Gasteiger partial charge in [-0.2, -0.15) is 0 Å². The Kier molecular flexibility index (Phi) is 5.41. The van der Waals surface area contributed by atoms with Crippen LogP contribution in [0.25, 0.3) is 0 Å². The number of benzene rings is 1. The van der Waals surface area contributed by atoms with Crippen LogP contribution in [0.1, 0.15) is 21.7 Å². The van der Waals surface area contributed by atoms with Crippen molar-refractivity contribution in [2.45, 2.75) is 18.4 Å². The number of methoxy groups -OCH3 is 1. The average molecular weight is 404 g/mol. The molecule has 2 heterocycles. The van der Waals surface area contributed by atoms with Crippen molar-refractivity contribution in [3.63, 3.8) is 0 Å². The van der Waals surface area contributed by atoms with Crippen molar-refractivity contribution in [3.05, 3.63) is 71.8 Å². The van der Waals surface area contributed by atoms with Gasteiger partial charge in [-0.3, -0.25) is 14.8 Å². The third-order valence-corrected chi connectivity index (χ3v) is 5.52. The molecule has 8 nitrogen and oxygen atoms in total. The number of carbonyl (C=O) groups excluding carboxylic acids is 1. The van der Waals surface area contributed by atoms with Gasteiger partial charge in [-0.05, 0) is 31.2 Å². The third-order valence-electron chi connectivity index (χ3n) is 3.89. The highest BCUT2D eigenvalue weighted by Gasteiger charge is 2.20. The first-order valence-corrected chi connectivity index (χ1v) is 9.58. The quantitative estimate of drug-likeness (QED) is 0.673. The van der Waals surface area contributed by atoms with Gasteiger partial charge in [0.05, 0.1) is 41.7 Å². The monoisotopic (exact) mass is 404 g/mol. The molecule has 10 heteroatoms. The molecule has 0 saturated heterocycles. The van der Waals surface area contributed by atoms with Crippen LogP contribution in [-0.4, -0.2) is 35.4 Å². The number of nitrogens with one attached hydrogen (secondary N) is 1. The van der Waals surface area contributed by atoms with Gasteiger partial charge in [0.25, 0.3) is 15.9 Å². The summed E-state index contributed by atoms with van der Waals surface area (Å²) in [5.41, 5.74) is 1.46. The lowest BCUT2D eigenvalue weighted by atomic mass is 10.3. The Balaban J connectivity index is 1.75. The molecular formula is C18H17FN4O4S. The van der Waals surface area contributed by atoms with Gasteiger partial charge in [0, 0.05) is 18.6 Å². The number of carbonyl (C=O) groups is 1. The summed E-state index contributed by atoms with van der Waals surface area (Å²) in [6.07, 6.45) is 5.51. The Morgan fingerprint density at radius 3 is 2.68 bits per heavy atom. The molecule has 1 N–H and O–H groups in total. The van der Waals surface area contributed by atoms with Crippen molar-refractivity contribution in [3.8, 4) is 5.75 Å². The van der Waals surface area contributed by atoms with E-state index < -0.39 is 21.7 Å². The molecule has 3 rings (SSSR count). The van der Waals surface area contributed by atoms with Gasteiger partial charge in [0.2, 0.25) is 0 Å². The van der Waals surface area contributed by atoms with Crippen LogP contribution < -0.4 is 10.1 Å². The fourth-order valence-electron chi connectivity index (χ4n) is 2.37. The summed E-state index contributed by atoms with van der Waals surface area (Å²) < 4.78 is 44.8. The zero-order valence-corrected chi connectivity index (χ0v) is 15.9. The predicted octanol–water partition coefficient (Wildman–Crippen LogP) is 1.90. The molecule has 146 valence electrons. The molecule has 0 bridgehead atoms. The zero-order chi connectivity index (χ0) is 20.3. The van der Waals surface area contributed by atoms with Crippen LogP contribution in [0.4, 0.5) is 4.39 Å². The van der Waals surface area contributed by atoms with Crippen molar-refractivity contribution >= 4 is 15.9 Å². The SMILES string of the molecule is COc1ccc(S(=O)(=O)n2ccc(C(=O)NCc3cnc(C)cn3)c2)cc1F. The average Bonchev–Trinajstić information content (AvgIpc) is 3.18. The number of nitrogens with zero attached hydrogens (tertiary/aromatic N) is 3. The van der Waals surface area contributed by atoms with Crippen LogP contribution in [0, 0.1) is 12.7 Å². The van der Waals surface area contributed by atoms with E-state index in [4.69, 9.17) is 4.74 Å². The van der Waals surface area contributed by atoms with Crippen molar-refractivity contribution in [1.82, 2.24) is 19.3 Å². The number of aryl methyl sites for hydroxylation is 1. The molecule has 3 aromatic rings. The van der Waals surface area contributed by atoms with Crippen LogP contribution >= 0.6 is 0 Å². The smallest absolute Gasteiger partial charge is 0.267 e. The Bertz CT molecular complexity index is 1110. The Morgan fingerprint density at radius 1 is 1.25 bits per heavy atom. The van der Waals surface area contributed by atoms with Gasteiger partial charge < -0.3 is 10.1 Å². The minimum atomic E-state index is -4.05. The van der Waals surface area contributed by atoms with Crippen molar-refractivity contribution in [2.75, 3.05) is 7.11 Å². The normalized spacial score (nSPS) is 11.2. The summed E-state index contributed by atoms with van der Waals surface area (Å²) in [6, 6.07) is 4.67. The second-order valence-corrected chi connectivity index (χ2v) is 7.71. The van der Waals surface area contributed by atoms with Gasteiger partial charge >= 0.3 is 0 Å². The largest absolute Gasteiger partial charge is 0.494 e. The summed E-state index contributed by atoms with van der Waals surface area (Å²) in [6.45, 7) is 1.95. The van der Waals surface area contributed by atoms with E-state index in [1.165, 1.54) is 31.5 Å². The molecule has 0 aliphatic rings. The van der Waals surface area contributed by atoms with E-state index in [1.54, 1.807) is 19.3 Å². The molecule has 0 unspecified atom stereocenters. The van der Waals surface area contributed by atoms with Gasteiger partial charge in [0.15, 0.2) is 11.6 Å². The van der Waals surface area contributed by atoms with E-state index in [-0.39, 0.29) is 22.8 Å². The van der Waals surface area contributed by atoms with Crippen molar-refractivity contribution in [2.24, 2.45) is 0 Å². The number of hydrogen-bond acceptors (Lipinski definition) is 6. The molecule has 1 amide bonds. The first-order valence-electron chi connectivity index (χ1n) is 8.14. The number of ether oxygens (including phenoxy) is 1. The second-order valence-electron chi connectivity index (χ2n) is 5.86. The molecule has 0 atom stereocenters. The van der Waals surface area contributed by atoms with Gasteiger partial charge in [-0.25, -0.2) is 16.8 Å². The lowest BCUT2D eigenvalue weighted by molar-refractivity contribution is 0.0950. The van der Waals surface area contributed by atoms with Gasteiger partial charge in [-0.15, -0.1) is 0 Å². The standard InChI is InChI=1S/C18H17FN4O4S/c1-12-8-21-14(9-20-12)10-22-18(24)13-5-6-23(11-13)28(25,26)15-3-4-17(27-2)16(19)7-15/h3-9,11H,10H2,1-2H3,(H,22,24). The molecule has 0 aliphatic heterocycles. The summed E-state index contributed by atoms with van der Waals surface area (Å²) in [5, 5.41) is 2.64. The lowest BCUT2D eigenvalue weighted by Gasteiger charge is -2.08. The van der Waals surface area contributed by atoms with Gasteiger partial charge in [-0.1, -0.05) is 0 Å². The second kappa shape index (κ2) is 7.77. The number of aromatic nitrogens is 3. The molecule has 0 radical (unpaired) electrons. The number of hydrogen-bond donors (Lipinski definition) is 1. The van der Waals surface area contributed by atoms with E-state index in [9.17, 15) is 17.6 Å². The highest BCUT2D eigenvalue weighted by Crippen LogP contribution is 2.22. The predicted molar refractivity (Wildman–Crippen MR) is 97.9 cm³/mol. The zero-order valence-electron chi connectivity index (χ0n) is 15.1. The van der Waals surface area contributed by atoms with Crippen LogP contribution in [-0.2, 0) is 16.6 Å². The highest BCUT2D eigenvalue weighted by atomic mass is 32.2. The molecule has 0 spiro atoms. The Morgan fingerprint density at radius 2 is 2.04 bits per heavy atom. The first-order chi connectivity index (χ1) is 13.3. The molecule has 0 fully saturated rings. The number of halogens is 1. The number of rotatable bonds is 6. The maximum Gasteiger partial charge on any atom is 0.267 e. The summed E-state index contributed by atoms with van der Waals surface area (Å²) in [7, 11) is -2.77. The summed E-state index contributed by atoms with van der Waals surface area (Å²) in [4.78, 5) is 20.2. The van der Waals surface area contributed by atoms with Crippen molar-refractivity contribution in [1.29, 1.82) is 0 Å². The maximum atomic E-state index is 13.8. The molecule has 0 aliphatic carbocycles. The van der Waals surface area contributed by atoms with Crippen LogP contribution in [0.2, 0.25) is 0 Å². The first kappa shape index (κ1) is 19.5. The van der Waals surface area contributed by atoms with Crippen LogP contribution in [0.15, 0.2) is 53.9 Å². The molecule has 0 saturated carbocycles. The number of amides is 1. The third kappa shape index (κ3) is 4.01. The van der Waals surface area contributed by atoms with Gasteiger partial charge in [0.1, 0.15) is 0 Å². The molecule has 1 aromatic carbocycles. The van der Waals surface area contributed by atoms with E-state index in [2.05, 4.69) is 15.3 Å². The summed E-state index contributed by atoms with van der Waals surface area (Å²) >= 11 is 0. The Hall–Kier alpha value is -3.27. The van der Waals surface area contributed by atoms with E-state index >= 15 is 0 Å². The topological polar surface area (TPSA) is 103 Å². The van der Waals surface area contributed by atoms with Crippen molar-refractivity contribution < 1.29 is 22.3 Å². The molecule has 2 aromatic heterocycles. The lowest BCUT2D eigenvalue weighted by Crippen LogP contribution is -2.23. The van der Waals surface area contributed by atoms with E-state index in [1.807, 2.05) is 0 Å². The Labute approximate surface area is 161 Å². The van der Waals surface area contributed by atoms with E-state index in [0.717, 1.165) is 21.9 Å². The highest BCUT2D eigenvalue weighted by molar-refractivity contribution is 7.90. The molecule has 28 heavy (non-hydrogen) atoms. The fraction of sp³-hybridized carbons (Fsp3) is 0.167. The van der Waals surface area contributed by atoms with E-state index in [0.29, 0.717) is 5.69 Å². The fourth-order valence-corrected chi connectivity index (χ4v) is 3.58. The van der Waals surface area contributed by atoms with Crippen LogP contribution in [0.5, 0.6) is 5.75 Å². The minimum absolute atomic E-state index is 0.0641. The maximum absolute atomic E-state index is 13.8. The van der Waals surface area contributed by atoms with Crippen LogP contribution in [0.3, 0.4) is 0 Å².